The summed E-state index contributed by atoms with van der Waals surface area (Å²) >= 11 is 0. The van der Waals surface area contributed by atoms with Crippen molar-refractivity contribution >= 4 is 12.0 Å². The first-order valence-corrected chi connectivity index (χ1v) is 11.4. The summed E-state index contributed by atoms with van der Waals surface area (Å²) in [6.45, 7) is 0.975. The third-order valence-corrected chi connectivity index (χ3v) is 7.37. The molecule has 2 aliphatic heterocycles. The van der Waals surface area contributed by atoms with Gasteiger partial charge in [-0.2, -0.15) is 0 Å². The molecule has 4 heteroatoms. The molecule has 3 fully saturated rings. The number of piperidine rings is 2. The van der Waals surface area contributed by atoms with Gasteiger partial charge in [-0.3, -0.25) is 9.78 Å². The van der Waals surface area contributed by atoms with E-state index in [1.165, 1.54) is 37.8 Å². The Hall–Kier alpha value is -2.49. The molecule has 1 amide bonds. The second kappa shape index (κ2) is 8.33. The van der Waals surface area contributed by atoms with Crippen molar-refractivity contribution in [1.82, 2.24) is 9.88 Å². The van der Waals surface area contributed by atoms with E-state index in [9.17, 15) is 9.18 Å². The van der Waals surface area contributed by atoms with Crippen LogP contribution in [0.2, 0.25) is 0 Å². The maximum Gasteiger partial charge on any atom is 0.222 e. The summed E-state index contributed by atoms with van der Waals surface area (Å²) in [5, 5.41) is 0. The van der Waals surface area contributed by atoms with Crippen molar-refractivity contribution < 1.29 is 9.18 Å². The van der Waals surface area contributed by atoms with Crippen LogP contribution in [0.4, 0.5) is 4.39 Å². The average Bonchev–Trinajstić information content (AvgIpc) is 2.78. The van der Waals surface area contributed by atoms with Crippen LogP contribution in [0.3, 0.4) is 0 Å². The second-order valence-corrected chi connectivity index (χ2v) is 9.14. The molecule has 3 aliphatic rings. The predicted octanol–water partition coefficient (Wildman–Crippen LogP) is 5.72. The van der Waals surface area contributed by atoms with Crippen molar-refractivity contribution in [2.45, 2.75) is 51.0 Å². The molecule has 1 aromatic heterocycles. The summed E-state index contributed by atoms with van der Waals surface area (Å²) in [6.07, 6.45) is 14.4. The summed E-state index contributed by atoms with van der Waals surface area (Å²) in [4.78, 5) is 19.3. The van der Waals surface area contributed by atoms with Crippen molar-refractivity contribution in [3.8, 4) is 11.3 Å². The highest BCUT2D eigenvalue weighted by molar-refractivity contribution is 5.77. The number of carbonyl (C=O) groups is 1. The average molecular weight is 405 g/mol. The summed E-state index contributed by atoms with van der Waals surface area (Å²) in [5.74, 6) is 1.90. The molecular weight excluding hydrogens is 375 g/mol. The van der Waals surface area contributed by atoms with E-state index in [1.54, 1.807) is 6.07 Å². The lowest BCUT2D eigenvalue weighted by Crippen LogP contribution is -2.57. The Kier molecular flexibility index (Phi) is 5.41. The Morgan fingerprint density at radius 1 is 1.07 bits per heavy atom. The van der Waals surface area contributed by atoms with Gasteiger partial charge in [-0.05, 0) is 61.3 Å². The topological polar surface area (TPSA) is 33.2 Å². The lowest BCUT2D eigenvalue weighted by Gasteiger charge is -2.52. The van der Waals surface area contributed by atoms with Gasteiger partial charge in [0.15, 0.2) is 0 Å². The van der Waals surface area contributed by atoms with E-state index in [2.05, 4.69) is 28.1 Å². The van der Waals surface area contributed by atoms with Gasteiger partial charge in [-0.25, -0.2) is 4.39 Å². The summed E-state index contributed by atoms with van der Waals surface area (Å²) < 4.78 is 13.5. The molecule has 30 heavy (non-hydrogen) atoms. The molecule has 1 aromatic carbocycles. The maximum atomic E-state index is 13.5. The van der Waals surface area contributed by atoms with Gasteiger partial charge in [0, 0.05) is 36.7 Å². The molecule has 1 saturated carbocycles. The largest absolute Gasteiger partial charge is 0.339 e. The molecule has 4 atom stereocenters. The lowest BCUT2D eigenvalue weighted by molar-refractivity contribution is -0.144. The molecule has 3 nitrogen and oxygen atoms in total. The third-order valence-electron chi connectivity index (χ3n) is 7.37. The highest BCUT2D eigenvalue weighted by Gasteiger charge is 2.45. The predicted molar refractivity (Wildman–Crippen MR) is 117 cm³/mol. The van der Waals surface area contributed by atoms with E-state index in [4.69, 9.17) is 0 Å². The van der Waals surface area contributed by atoms with Crippen LogP contribution in [0.15, 0.2) is 48.7 Å². The van der Waals surface area contributed by atoms with Crippen LogP contribution < -0.4 is 0 Å². The molecule has 1 aliphatic carbocycles. The lowest BCUT2D eigenvalue weighted by atomic mass is 9.65. The first-order chi connectivity index (χ1) is 14.7. The third kappa shape index (κ3) is 3.80. The van der Waals surface area contributed by atoms with Crippen LogP contribution in [0, 0.1) is 23.6 Å². The van der Waals surface area contributed by atoms with Crippen LogP contribution in [0.25, 0.3) is 17.3 Å². The van der Waals surface area contributed by atoms with Gasteiger partial charge >= 0.3 is 0 Å². The van der Waals surface area contributed by atoms with Gasteiger partial charge in [0.05, 0.1) is 5.69 Å². The highest BCUT2D eigenvalue weighted by atomic mass is 19.1. The molecule has 0 radical (unpaired) electrons. The fourth-order valence-corrected chi connectivity index (χ4v) is 5.91. The van der Waals surface area contributed by atoms with E-state index in [-0.39, 0.29) is 5.82 Å². The number of hydrogen-bond donors (Lipinski definition) is 0. The van der Waals surface area contributed by atoms with Crippen LogP contribution in [0.1, 0.15) is 50.5 Å². The van der Waals surface area contributed by atoms with E-state index in [0.717, 1.165) is 42.6 Å². The number of nitrogens with zero attached hydrogens (tertiary/aromatic N) is 2. The van der Waals surface area contributed by atoms with Gasteiger partial charge in [-0.15, -0.1) is 0 Å². The van der Waals surface area contributed by atoms with Crippen molar-refractivity contribution in [2.75, 3.05) is 6.54 Å². The molecule has 156 valence electrons. The highest BCUT2D eigenvalue weighted by Crippen LogP contribution is 2.45. The van der Waals surface area contributed by atoms with E-state index < -0.39 is 0 Å². The monoisotopic (exact) mass is 404 g/mol. The van der Waals surface area contributed by atoms with Gasteiger partial charge in [0.2, 0.25) is 5.91 Å². The van der Waals surface area contributed by atoms with E-state index >= 15 is 0 Å². The zero-order valence-electron chi connectivity index (χ0n) is 17.3. The second-order valence-electron chi connectivity index (χ2n) is 9.14. The van der Waals surface area contributed by atoms with Crippen LogP contribution in [0.5, 0.6) is 0 Å². The van der Waals surface area contributed by atoms with Crippen molar-refractivity contribution in [1.29, 1.82) is 0 Å². The number of rotatable bonds is 3. The zero-order valence-corrected chi connectivity index (χ0v) is 17.3. The Balaban J connectivity index is 1.37. The molecular formula is C26H29FN2O. The number of fused-ring (bicyclic) bond motifs is 2. The quantitative estimate of drug-likeness (QED) is 0.656. The fourth-order valence-electron chi connectivity index (χ4n) is 5.91. The van der Waals surface area contributed by atoms with Gasteiger partial charge in [0.25, 0.3) is 0 Å². The maximum absolute atomic E-state index is 13.5. The number of hydrogen-bond acceptors (Lipinski definition) is 2. The molecule has 0 spiro atoms. The Bertz CT molecular complexity index is 938. The minimum atomic E-state index is -0.246. The van der Waals surface area contributed by atoms with Gasteiger partial charge in [0.1, 0.15) is 5.82 Å². The summed E-state index contributed by atoms with van der Waals surface area (Å²) in [7, 11) is 0. The van der Waals surface area contributed by atoms with E-state index in [0.29, 0.717) is 29.7 Å². The summed E-state index contributed by atoms with van der Waals surface area (Å²) in [5.41, 5.74) is 2.63. The normalized spacial score (nSPS) is 29.0. The Morgan fingerprint density at radius 3 is 2.80 bits per heavy atom. The molecule has 2 saturated heterocycles. The number of halogens is 1. The zero-order chi connectivity index (χ0) is 20.5. The number of pyridine rings is 1. The van der Waals surface area contributed by atoms with Crippen molar-refractivity contribution in [3.05, 3.63) is 60.1 Å². The number of benzene rings is 1. The molecule has 3 heterocycles. The summed E-state index contributed by atoms with van der Waals surface area (Å²) in [6, 6.07) is 10.9. The van der Waals surface area contributed by atoms with Crippen LogP contribution in [-0.4, -0.2) is 28.4 Å². The number of aromatic nitrogens is 1. The molecule has 0 bridgehead atoms. The first-order valence-electron chi connectivity index (χ1n) is 11.4. The van der Waals surface area contributed by atoms with Crippen molar-refractivity contribution in [2.24, 2.45) is 17.8 Å². The van der Waals surface area contributed by atoms with Crippen LogP contribution >= 0.6 is 0 Å². The Labute approximate surface area is 178 Å². The minimum Gasteiger partial charge on any atom is -0.339 e. The van der Waals surface area contributed by atoms with Crippen LogP contribution in [-0.2, 0) is 4.79 Å². The minimum absolute atomic E-state index is 0.246. The smallest absolute Gasteiger partial charge is 0.222 e. The van der Waals surface area contributed by atoms with E-state index in [1.807, 2.05) is 18.3 Å². The molecule has 2 aromatic rings. The fraction of sp³-hybridized carbons (Fsp3) is 0.462. The van der Waals surface area contributed by atoms with Gasteiger partial charge < -0.3 is 4.90 Å². The number of amides is 1. The molecule has 3 unspecified atom stereocenters. The van der Waals surface area contributed by atoms with Crippen molar-refractivity contribution in [3.63, 3.8) is 0 Å². The molecule has 0 N–H and O–H groups in total. The Morgan fingerprint density at radius 2 is 1.97 bits per heavy atom. The van der Waals surface area contributed by atoms with Gasteiger partial charge in [-0.1, -0.05) is 43.2 Å². The first kappa shape index (κ1) is 19.5. The molecule has 5 rings (SSSR count). The SMILES string of the molecule is O=C1CCC[C@@H]2C(C=Cc3ccc(-c4cccc(F)c4)nc3)C3CCCCC3CN12. The standard InChI is InChI=1S/C26H29FN2O/c27-21-7-3-6-19(15-21)24-14-12-18(16-28-24)11-13-23-22-8-2-1-5-20(22)17-29-25(23)9-4-10-26(29)30/h3,6-7,11-16,20,22-23,25H,1-2,4-5,8-10,17H2/t20?,22?,23?,25-/m1/s1. The number of carbonyl (C=O) groups excluding carboxylic acids is 1.